The Hall–Kier alpha value is -0.0400. The highest BCUT2D eigenvalue weighted by molar-refractivity contribution is 4.72. The van der Waals surface area contributed by atoms with Crippen molar-refractivity contribution in [1.82, 2.24) is 5.32 Å². The van der Waals surface area contributed by atoms with Gasteiger partial charge in [0, 0.05) is 6.54 Å². The van der Waals surface area contributed by atoms with Crippen LogP contribution in [0, 0.1) is 6.54 Å². The molecule has 1 N–H and O–H groups in total. The molecule has 1 saturated heterocycles. The second-order valence-electron chi connectivity index (χ2n) is 0.947. The van der Waals surface area contributed by atoms with Crippen molar-refractivity contribution in [3.8, 4) is 0 Å². The molecule has 0 spiro atoms. The van der Waals surface area contributed by atoms with Crippen molar-refractivity contribution in [2.75, 3.05) is 6.54 Å². The summed E-state index contributed by atoms with van der Waals surface area (Å²) in [6.45, 7) is 3.25. The topological polar surface area (TPSA) is 12.0 Å². The molecule has 0 atom stereocenters. The highest BCUT2D eigenvalue weighted by Crippen LogP contribution is 1.88. The van der Waals surface area contributed by atoms with Gasteiger partial charge in [0.2, 0.25) is 0 Å². The predicted molar refractivity (Wildman–Crippen MR) is 16.9 cm³/mol. The molecule has 0 bridgehead atoms. The fourth-order valence-corrected chi connectivity index (χ4v) is 0.144. The second kappa shape index (κ2) is 0.725. The van der Waals surface area contributed by atoms with E-state index in [-0.39, 0.29) is 0 Å². The van der Waals surface area contributed by atoms with Crippen LogP contribution in [0.15, 0.2) is 0 Å². The summed E-state index contributed by atoms with van der Waals surface area (Å²) < 4.78 is 0. The molecule has 0 saturated carbocycles. The van der Waals surface area contributed by atoms with Crippen molar-refractivity contribution in [3.05, 3.63) is 6.54 Å². The molecule has 1 aliphatic heterocycles. The zero-order valence-corrected chi connectivity index (χ0v) is 2.49. The van der Waals surface area contributed by atoms with E-state index >= 15 is 0 Å². The average Bonchev–Trinajstić information content (AvgIpc) is 0.722. The smallest absolute Gasteiger partial charge is 0.0233 e. The maximum atomic E-state index is 2.99. The fraction of sp³-hybridized carbons (Fsp3) is 0.667. The summed E-state index contributed by atoms with van der Waals surface area (Å²) >= 11 is 0. The van der Waals surface area contributed by atoms with Gasteiger partial charge >= 0.3 is 0 Å². The Kier molecular flexibility index (Phi) is 0.401. The van der Waals surface area contributed by atoms with Gasteiger partial charge in [0.15, 0.2) is 0 Å². The van der Waals surface area contributed by atoms with Gasteiger partial charge in [-0.3, -0.25) is 0 Å². The first kappa shape index (κ1) is 2.21. The molecule has 1 heterocycles. The summed E-state index contributed by atoms with van der Waals surface area (Å²) in [5.74, 6) is 0. The predicted octanol–water partition coefficient (Wildman–Crippen LogP) is 0.141. The lowest BCUT2D eigenvalue weighted by Crippen LogP contribution is -2.23. The highest BCUT2D eigenvalue weighted by atomic mass is 14.9. The van der Waals surface area contributed by atoms with E-state index in [1.165, 1.54) is 13.0 Å². The van der Waals surface area contributed by atoms with Gasteiger partial charge in [-0.15, -0.1) is 0 Å². The maximum Gasteiger partial charge on any atom is 0.0233 e. The van der Waals surface area contributed by atoms with Crippen LogP contribution in [0.25, 0.3) is 0 Å². The Labute approximate surface area is 26.0 Å². The van der Waals surface area contributed by atoms with Crippen molar-refractivity contribution < 1.29 is 0 Å². The van der Waals surface area contributed by atoms with Crippen LogP contribution in [0.4, 0.5) is 0 Å². The van der Waals surface area contributed by atoms with E-state index in [9.17, 15) is 0 Å². The molecule has 0 unspecified atom stereocenters. The molecule has 0 aromatic rings. The number of hydrogen-bond acceptors (Lipinski definition) is 1. The lowest BCUT2D eigenvalue weighted by molar-refractivity contribution is 0.622. The van der Waals surface area contributed by atoms with E-state index < -0.39 is 0 Å². The van der Waals surface area contributed by atoms with Gasteiger partial charge in [-0.05, 0) is 13.0 Å². The van der Waals surface area contributed by atoms with Crippen LogP contribution in [-0.4, -0.2) is 6.54 Å². The van der Waals surface area contributed by atoms with Crippen molar-refractivity contribution in [2.24, 2.45) is 0 Å². The molecule has 0 aromatic carbocycles. The quantitative estimate of drug-likeness (QED) is 0.416. The molecular formula is C3H6N. The van der Waals surface area contributed by atoms with Gasteiger partial charge in [-0.1, -0.05) is 0 Å². The normalized spacial score (nSPS) is 24.0. The van der Waals surface area contributed by atoms with E-state index in [0.717, 1.165) is 0 Å². The monoisotopic (exact) mass is 56.1 g/mol. The van der Waals surface area contributed by atoms with Crippen molar-refractivity contribution in [3.63, 3.8) is 0 Å². The van der Waals surface area contributed by atoms with Gasteiger partial charge < -0.3 is 5.32 Å². The Balaban J connectivity index is 2.00. The number of hydrogen-bond donors (Lipinski definition) is 1. The Morgan fingerprint density at radius 2 is 2.00 bits per heavy atom. The van der Waals surface area contributed by atoms with Gasteiger partial charge in [0.25, 0.3) is 0 Å². The molecule has 0 aromatic heterocycles. The fourth-order valence-electron chi connectivity index (χ4n) is 0.144. The maximum absolute atomic E-state index is 2.99. The van der Waals surface area contributed by atoms with Gasteiger partial charge in [-0.25, -0.2) is 0 Å². The van der Waals surface area contributed by atoms with Crippen LogP contribution >= 0.6 is 0 Å². The lowest BCUT2D eigenvalue weighted by Gasteiger charge is -2.09. The third-order valence-electron chi connectivity index (χ3n) is 0.577. The molecule has 4 heavy (non-hydrogen) atoms. The molecule has 1 nitrogen and oxygen atoms in total. The molecule has 0 aliphatic carbocycles. The molecule has 1 aliphatic rings. The van der Waals surface area contributed by atoms with Gasteiger partial charge in [0.1, 0.15) is 0 Å². The van der Waals surface area contributed by atoms with Crippen LogP contribution in [0.5, 0.6) is 0 Å². The molecule has 23 valence electrons. The highest BCUT2D eigenvalue weighted by Gasteiger charge is 1.93. The average molecular weight is 56.1 g/mol. The summed E-state index contributed by atoms with van der Waals surface area (Å²) in [7, 11) is 0. The van der Waals surface area contributed by atoms with E-state index in [1.54, 1.807) is 0 Å². The van der Waals surface area contributed by atoms with Gasteiger partial charge in [-0.2, -0.15) is 0 Å². The third kappa shape index (κ3) is 0.115. The number of rotatable bonds is 0. The summed E-state index contributed by atoms with van der Waals surface area (Å²) in [5.41, 5.74) is 0. The Bertz CT molecular complexity index is 11.2. The van der Waals surface area contributed by atoms with E-state index in [4.69, 9.17) is 0 Å². The minimum Gasteiger partial charge on any atom is -0.312 e. The number of nitrogens with one attached hydrogen (secondary N) is 1. The van der Waals surface area contributed by atoms with Crippen molar-refractivity contribution >= 4 is 0 Å². The van der Waals surface area contributed by atoms with Crippen LogP contribution in [0.3, 0.4) is 0 Å². The largest absolute Gasteiger partial charge is 0.312 e. The minimum atomic E-state index is 1.19. The summed E-state index contributed by atoms with van der Waals surface area (Å²) in [6, 6.07) is 0. The lowest BCUT2D eigenvalue weighted by atomic mass is 10.3. The Morgan fingerprint density at radius 1 is 1.75 bits per heavy atom. The van der Waals surface area contributed by atoms with Crippen LogP contribution in [0.1, 0.15) is 6.42 Å². The zero-order chi connectivity index (χ0) is 2.83. The van der Waals surface area contributed by atoms with Crippen molar-refractivity contribution in [2.45, 2.75) is 6.42 Å². The first-order valence-electron chi connectivity index (χ1n) is 1.55. The molecular weight excluding hydrogens is 50.0 g/mol. The second-order valence-corrected chi connectivity index (χ2v) is 0.947. The summed E-state index contributed by atoms with van der Waals surface area (Å²) in [5, 5.41) is 2.99. The molecule has 1 heteroatoms. The molecule has 1 rings (SSSR count). The zero-order valence-electron chi connectivity index (χ0n) is 2.49. The van der Waals surface area contributed by atoms with Crippen LogP contribution in [0.2, 0.25) is 0 Å². The van der Waals surface area contributed by atoms with Crippen molar-refractivity contribution in [1.29, 1.82) is 0 Å². The Morgan fingerprint density at radius 3 is 2.00 bits per heavy atom. The molecule has 1 fully saturated rings. The summed E-state index contributed by atoms with van der Waals surface area (Å²) in [4.78, 5) is 0. The van der Waals surface area contributed by atoms with E-state index in [1.807, 2.05) is 0 Å². The standard InChI is InChI=1S/C3H6N/c1-2-4-3-1/h2,4H,1,3H2. The van der Waals surface area contributed by atoms with Crippen LogP contribution < -0.4 is 5.32 Å². The third-order valence-corrected chi connectivity index (χ3v) is 0.577. The minimum absolute atomic E-state index is 1.19. The van der Waals surface area contributed by atoms with E-state index in [2.05, 4.69) is 11.9 Å². The summed E-state index contributed by atoms with van der Waals surface area (Å²) in [6.07, 6.45) is 1.26. The van der Waals surface area contributed by atoms with Crippen LogP contribution in [-0.2, 0) is 0 Å². The molecule has 0 amide bonds. The van der Waals surface area contributed by atoms with Gasteiger partial charge in [0.05, 0.1) is 0 Å². The van der Waals surface area contributed by atoms with E-state index in [0.29, 0.717) is 0 Å². The SMILES string of the molecule is [CH]1CCN1. The first-order valence-corrected chi connectivity index (χ1v) is 1.55. The first-order chi connectivity index (χ1) is 2.00. The molecule has 1 radical (unpaired) electrons.